The van der Waals surface area contributed by atoms with Gasteiger partial charge in [-0.15, -0.1) is 0 Å². The third-order valence-corrected chi connectivity index (χ3v) is 1.88. The van der Waals surface area contributed by atoms with E-state index in [0.29, 0.717) is 5.92 Å². The van der Waals surface area contributed by atoms with Crippen molar-refractivity contribution in [3.8, 4) is 0 Å². The normalized spacial score (nSPS) is 19.3. The monoisotopic (exact) mass is 152 g/mol. The average molecular weight is 152 g/mol. The van der Waals surface area contributed by atoms with Gasteiger partial charge in [0.15, 0.2) is 0 Å². The first-order valence-electron chi connectivity index (χ1n) is 3.87. The lowest BCUT2D eigenvalue weighted by Crippen LogP contribution is -2.06. The summed E-state index contributed by atoms with van der Waals surface area (Å²) in [7, 11) is 0. The van der Waals surface area contributed by atoms with Crippen LogP contribution in [0.15, 0.2) is 24.3 Å². The number of allylic oxidation sites excluding steroid dienone is 3. The van der Waals surface area contributed by atoms with Crippen molar-refractivity contribution in [3.63, 3.8) is 0 Å². The second-order valence-electron chi connectivity index (χ2n) is 2.77. The van der Waals surface area contributed by atoms with E-state index >= 15 is 0 Å². The van der Waals surface area contributed by atoms with Crippen molar-refractivity contribution < 1.29 is 9.90 Å². The van der Waals surface area contributed by atoms with Crippen LogP contribution >= 0.6 is 0 Å². The summed E-state index contributed by atoms with van der Waals surface area (Å²) >= 11 is 0. The lowest BCUT2D eigenvalue weighted by Gasteiger charge is -2.20. The van der Waals surface area contributed by atoms with Crippen LogP contribution in [0.3, 0.4) is 0 Å². The molecule has 2 nitrogen and oxygen atoms in total. The Labute approximate surface area is 66.2 Å². The van der Waals surface area contributed by atoms with Gasteiger partial charge in [0.2, 0.25) is 0 Å². The Morgan fingerprint density at radius 3 is 2.55 bits per heavy atom. The SMILES string of the molecule is O=C(O)/C=C\C=C\C1CCC1. The first-order valence-corrected chi connectivity index (χ1v) is 3.87. The largest absolute Gasteiger partial charge is 0.478 e. The highest BCUT2D eigenvalue weighted by Crippen LogP contribution is 2.27. The number of carboxylic acids is 1. The van der Waals surface area contributed by atoms with Crippen LogP contribution in [0.1, 0.15) is 19.3 Å². The van der Waals surface area contributed by atoms with Gasteiger partial charge in [-0.1, -0.05) is 24.6 Å². The van der Waals surface area contributed by atoms with E-state index in [1.165, 1.54) is 19.3 Å². The number of rotatable bonds is 3. The summed E-state index contributed by atoms with van der Waals surface area (Å²) in [6.45, 7) is 0. The van der Waals surface area contributed by atoms with Crippen molar-refractivity contribution in [1.29, 1.82) is 0 Å². The van der Waals surface area contributed by atoms with Crippen molar-refractivity contribution in [1.82, 2.24) is 0 Å². The van der Waals surface area contributed by atoms with Gasteiger partial charge >= 0.3 is 5.97 Å². The van der Waals surface area contributed by atoms with E-state index in [9.17, 15) is 4.79 Å². The second-order valence-corrected chi connectivity index (χ2v) is 2.77. The highest BCUT2D eigenvalue weighted by atomic mass is 16.4. The van der Waals surface area contributed by atoms with E-state index in [1.54, 1.807) is 6.08 Å². The zero-order chi connectivity index (χ0) is 8.10. The molecule has 0 radical (unpaired) electrons. The molecule has 0 amide bonds. The smallest absolute Gasteiger partial charge is 0.328 e. The molecule has 0 aromatic heterocycles. The molecule has 1 N–H and O–H groups in total. The molecule has 0 aromatic carbocycles. The predicted octanol–water partition coefficient (Wildman–Crippen LogP) is 1.98. The molecular formula is C9H12O2. The fourth-order valence-electron chi connectivity index (χ4n) is 0.991. The third kappa shape index (κ3) is 3.03. The molecule has 1 saturated carbocycles. The van der Waals surface area contributed by atoms with Gasteiger partial charge in [-0.05, 0) is 18.8 Å². The summed E-state index contributed by atoms with van der Waals surface area (Å²) in [6.07, 6.45) is 10.4. The molecule has 11 heavy (non-hydrogen) atoms. The summed E-state index contributed by atoms with van der Waals surface area (Å²) < 4.78 is 0. The van der Waals surface area contributed by atoms with E-state index in [-0.39, 0.29) is 0 Å². The first kappa shape index (κ1) is 8.05. The zero-order valence-electron chi connectivity index (χ0n) is 6.36. The van der Waals surface area contributed by atoms with E-state index in [4.69, 9.17) is 5.11 Å². The molecule has 0 heterocycles. The minimum Gasteiger partial charge on any atom is -0.478 e. The van der Waals surface area contributed by atoms with E-state index in [1.807, 2.05) is 6.08 Å². The Hall–Kier alpha value is -1.05. The van der Waals surface area contributed by atoms with Gasteiger partial charge in [-0.25, -0.2) is 4.79 Å². The van der Waals surface area contributed by atoms with Crippen molar-refractivity contribution in [2.45, 2.75) is 19.3 Å². The maximum atomic E-state index is 10.0. The second kappa shape index (κ2) is 3.96. The lowest BCUT2D eigenvalue weighted by atomic mass is 9.85. The van der Waals surface area contributed by atoms with Crippen LogP contribution in [-0.2, 0) is 4.79 Å². The summed E-state index contributed by atoms with van der Waals surface area (Å²) in [5.74, 6) is -0.184. The molecule has 2 heteroatoms. The average Bonchev–Trinajstić information content (AvgIpc) is 1.82. The summed E-state index contributed by atoms with van der Waals surface area (Å²) in [6, 6.07) is 0. The molecule has 0 bridgehead atoms. The van der Waals surface area contributed by atoms with Crippen LogP contribution in [0.4, 0.5) is 0 Å². The number of hydrogen-bond acceptors (Lipinski definition) is 1. The van der Waals surface area contributed by atoms with Crippen LogP contribution in [0.2, 0.25) is 0 Å². The maximum absolute atomic E-state index is 10.0. The van der Waals surface area contributed by atoms with Gasteiger partial charge in [-0.2, -0.15) is 0 Å². The fourth-order valence-corrected chi connectivity index (χ4v) is 0.991. The van der Waals surface area contributed by atoms with Crippen molar-refractivity contribution in [3.05, 3.63) is 24.3 Å². The highest BCUT2D eigenvalue weighted by molar-refractivity contribution is 5.80. The van der Waals surface area contributed by atoms with Gasteiger partial charge in [0.25, 0.3) is 0 Å². The first-order chi connectivity index (χ1) is 5.29. The maximum Gasteiger partial charge on any atom is 0.328 e. The molecule has 0 saturated heterocycles. The van der Waals surface area contributed by atoms with Gasteiger partial charge in [0, 0.05) is 6.08 Å². The summed E-state index contributed by atoms with van der Waals surface area (Å²) in [5, 5.41) is 8.23. The minimum absolute atomic E-state index is 0.702. The third-order valence-electron chi connectivity index (χ3n) is 1.88. The minimum atomic E-state index is -0.886. The van der Waals surface area contributed by atoms with Gasteiger partial charge in [-0.3, -0.25) is 0 Å². The van der Waals surface area contributed by atoms with Gasteiger partial charge < -0.3 is 5.11 Å². The fraction of sp³-hybridized carbons (Fsp3) is 0.444. The van der Waals surface area contributed by atoms with Crippen LogP contribution in [0.5, 0.6) is 0 Å². The number of aliphatic carboxylic acids is 1. The topological polar surface area (TPSA) is 37.3 Å². The molecule has 60 valence electrons. The Morgan fingerprint density at radius 2 is 2.09 bits per heavy atom. The standard InChI is InChI=1S/C9H12O2/c10-9(11)7-2-1-4-8-5-3-6-8/h1-2,4,7-8H,3,5-6H2,(H,10,11)/b4-1+,7-2-. The van der Waals surface area contributed by atoms with Crippen LogP contribution in [-0.4, -0.2) is 11.1 Å². The highest BCUT2D eigenvalue weighted by Gasteiger charge is 2.12. The van der Waals surface area contributed by atoms with Crippen LogP contribution in [0.25, 0.3) is 0 Å². The number of carboxylic acid groups (broad SMARTS) is 1. The molecule has 1 fully saturated rings. The predicted molar refractivity (Wildman–Crippen MR) is 43.3 cm³/mol. The van der Waals surface area contributed by atoms with E-state index < -0.39 is 5.97 Å². The number of hydrogen-bond donors (Lipinski definition) is 1. The Bertz CT molecular complexity index is 188. The number of carbonyl (C=O) groups is 1. The molecule has 0 aliphatic heterocycles. The molecule has 1 aliphatic carbocycles. The molecule has 1 rings (SSSR count). The van der Waals surface area contributed by atoms with Crippen molar-refractivity contribution >= 4 is 5.97 Å². The zero-order valence-corrected chi connectivity index (χ0v) is 6.36. The van der Waals surface area contributed by atoms with Crippen molar-refractivity contribution in [2.24, 2.45) is 5.92 Å². The Balaban J connectivity index is 2.18. The van der Waals surface area contributed by atoms with Gasteiger partial charge in [0.1, 0.15) is 0 Å². The summed E-state index contributed by atoms with van der Waals surface area (Å²) in [5.41, 5.74) is 0. The van der Waals surface area contributed by atoms with E-state index in [2.05, 4.69) is 6.08 Å². The quantitative estimate of drug-likeness (QED) is 0.496. The molecular weight excluding hydrogens is 140 g/mol. The van der Waals surface area contributed by atoms with Gasteiger partial charge in [0.05, 0.1) is 0 Å². The van der Waals surface area contributed by atoms with Crippen molar-refractivity contribution in [2.75, 3.05) is 0 Å². The van der Waals surface area contributed by atoms with E-state index in [0.717, 1.165) is 6.08 Å². The Kier molecular flexibility index (Phi) is 2.90. The summed E-state index contributed by atoms with van der Waals surface area (Å²) in [4.78, 5) is 10.0. The molecule has 0 aromatic rings. The van der Waals surface area contributed by atoms with Crippen LogP contribution in [0, 0.1) is 5.92 Å². The molecule has 0 unspecified atom stereocenters. The Morgan fingerprint density at radius 1 is 1.36 bits per heavy atom. The van der Waals surface area contributed by atoms with Crippen LogP contribution < -0.4 is 0 Å². The molecule has 1 aliphatic rings. The lowest BCUT2D eigenvalue weighted by molar-refractivity contribution is -0.131. The molecule has 0 spiro atoms. The molecule has 0 atom stereocenters.